The number of nitrogens with zero attached hydrogens (tertiary/aromatic N) is 3. The number of likely N-dealkylation sites (tertiary alicyclic amines) is 1. The SMILES string of the molecule is CCC1CNCCN1C(C(=O)N1CCCCCC1)c1ccncc1. The van der Waals surface area contributed by atoms with E-state index in [1.54, 1.807) is 12.4 Å². The molecule has 2 fully saturated rings. The van der Waals surface area contributed by atoms with Gasteiger partial charge in [-0.15, -0.1) is 0 Å². The van der Waals surface area contributed by atoms with E-state index < -0.39 is 0 Å². The number of carbonyl (C=O) groups is 1. The molecular weight excluding hydrogens is 300 g/mol. The Morgan fingerprint density at radius 1 is 1.21 bits per heavy atom. The molecule has 0 radical (unpaired) electrons. The van der Waals surface area contributed by atoms with Crippen molar-refractivity contribution >= 4 is 5.91 Å². The molecule has 1 amide bonds. The summed E-state index contributed by atoms with van der Waals surface area (Å²) in [5, 5.41) is 3.47. The van der Waals surface area contributed by atoms with Crippen molar-refractivity contribution in [3.63, 3.8) is 0 Å². The van der Waals surface area contributed by atoms with Crippen molar-refractivity contribution in [2.24, 2.45) is 0 Å². The maximum atomic E-state index is 13.5. The monoisotopic (exact) mass is 330 g/mol. The first-order valence-corrected chi connectivity index (χ1v) is 9.46. The Bertz CT molecular complexity index is 513. The van der Waals surface area contributed by atoms with E-state index in [4.69, 9.17) is 0 Å². The molecule has 0 spiro atoms. The van der Waals surface area contributed by atoms with E-state index in [1.807, 2.05) is 12.1 Å². The summed E-state index contributed by atoms with van der Waals surface area (Å²) in [4.78, 5) is 22.1. The lowest BCUT2D eigenvalue weighted by Gasteiger charge is -2.42. The van der Waals surface area contributed by atoms with E-state index in [0.29, 0.717) is 6.04 Å². The smallest absolute Gasteiger partial charge is 0.244 e. The zero-order valence-electron chi connectivity index (χ0n) is 14.8. The normalized spacial score (nSPS) is 24.4. The highest BCUT2D eigenvalue weighted by atomic mass is 16.2. The molecule has 5 nitrogen and oxygen atoms in total. The second-order valence-electron chi connectivity index (χ2n) is 6.93. The quantitative estimate of drug-likeness (QED) is 0.919. The second-order valence-corrected chi connectivity index (χ2v) is 6.93. The van der Waals surface area contributed by atoms with Crippen LogP contribution in [0.4, 0.5) is 0 Å². The minimum absolute atomic E-state index is 0.168. The third kappa shape index (κ3) is 3.95. The molecule has 2 atom stereocenters. The molecule has 0 aliphatic carbocycles. The van der Waals surface area contributed by atoms with Gasteiger partial charge in [0.25, 0.3) is 0 Å². The Morgan fingerprint density at radius 3 is 2.58 bits per heavy atom. The number of aromatic nitrogens is 1. The first-order chi connectivity index (χ1) is 11.8. The number of nitrogens with one attached hydrogen (secondary N) is 1. The van der Waals surface area contributed by atoms with Gasteiger partial charge in [0.15, 0.2) is 0 Å². The summed E-state index contributed by atoms with van der Waals surface area (Å²) in [6.45, 7) is 6.86. The van der Waals surface area contributed by atoms with Crippen molar-refractivity contribution in [1.29, 1.82) is 0 Å². The molecule has 5 heteroatoms. The van der Waals surface area contributed by atoms with Crippen molar-refractivity contribution in [2.75, 3.05) is 32.7 Å². The van der Waals surface area contributed by atoms with Crippen LogP contribution in [0.25, 0.3) is 0 Å². The summed E-state index contributed by atoms with van der Waals surface area (Å²) in [7, 11) is 0. The molecule has 2 unspecified atom stereocenters. The van der Waals surface area contributed by atoms with Crippen molar-refractivity contribution in [1.82, 2.24) is 20.1 Å². The fourth-order valence-corrected chi connectivity index (χ4v) is 3.98. The summed E-state index contributed by atoms with van der Waals surface area (Å²) >= 11 is 0. The van der Waals surface area contributed by atoms with Crippen molar-refractivity contribution in [3.8, 4) is 0 Å². The molecule has 1 N–H and O–H groups in total. The molecular formula is C19H30N4O. The van der Waals surface area contributed by atoms with Crippen LogP contribution in [0.1, 0.15) is 50.6 Å². The van der Waals surface area contributed by atoms with Gasteiger partial charge in [-0.2, -0.15) is 0 Å². The number of hydrogen-bond acceptors (Lipinski definition) is 4. The van der Waals surface area contributed by atoms with Crippen LogP contribution in [0.5, 0.6) is 0 Å². The van der Waals surface area contributed by atoms with Gasteiger partial charge >= 0.3 is 0 Å². The lowest BCUT2D eigenvalue weighted by Crippen LogP contribution is -2.55. The summed E-state index contributed by atoms with van der Waals surface area (Å²) < 4.78 is 0. The average molecular weight is 330 g/mol. The Labute approximate surface area is 145 Å². The van der Waals surface area contributed by atoms with Crippen LogP contribution in [-0.2, 0) is 4.79 Å². The third-order valence-electron chi connectivity index (χ3n) is 5.37. The average Bonchev–Trinajstić information content (AvgIpc) is 2.92. The molecule has 0 saturated carbocycles. The van der Waals surface area contributed by atoms with Crippen LogP contribution in [0.2, 0.25) is 0 Å². The summed E-state index contributed by atoms with van der Waals surface area (Å²) in [6, 6.07) is 4.26. The Morgan fingerprint density at radius 2 is 1.92 bits per heavy atom. The molecule has 24 heavy (non-hydrogen) atoms. The lowest BCUT2D eigenvalue weighted by molar-refractivity contribution is -0.138. The van der Waals surface area contributed by atoms with Gasteiger partial charge in [-0.1, -0.05) is 19.8 Å². The number of pyridine rings is 1. The predicted octanol–water partition coefficient (Wildman–Crippen LogP) is 2.21. The van der Waals surface area contributed by atoms with Crippen LogP contribution in [0, 0.1) is 0 Å². The van der Waals surface area contributed by atoms with Crippen LogP contribution in [-0.4, -0.2) is 59.5 Å². The van der Waals surface area contributed by atoms with Crippen molar-refractivity contribution in [3.05, 3.63) is 30.1 Å². The molecule has 3 heterocycles. The first kappa shape index (κ1) is 17.4. The molecule has 132 valence electrons. The van der Waals surface area contributed by atoms with Crippen LogP contribution < -0.4 is 5.32 Å². The number of carbonyl (C=O) groups excluding carboxylic acids is 1. The maximum Gasteiger partial charge on any atom is 0.244 e. The number of rotatable bonds is 4. The van der Waals surface area contributed by atoms with Gasteiger partial charge in [-0.05, 0) is 37.0 Å². The van der Waals surface area contributed by atoms with Crippen LogP contribution in [0.15, 0.2) is 24.5 Å². The summed E-state index contributed by atoms with van der Waals surface area (Å²) in [5.74, 6) is 0.281. The molecule has 2 aliphatic rings. The van der Waals surface area contributed by atoms with Gasteiger partial charge in [0.2, 0.25) is 5.91 Å². The van der Waals surface area contributed by atoms with Crippen LogP contribution >= 0.6 is 0 Å². The minimum Gasteiger partial charge on any atom is -0.341 e. The zero-order valence-corrected chi connectivity index (χ0v) is 14.8. The highest BCUT2D eigenvalue weighted by molar-refractivity contribution is 5.83. The first-order valence-electron chi connectivity index (χ1n) is 9.46. The van der Waals surface area contributed by atoms with E-state index in [0.717, 1.165) is 57.5 Å². The number of amides is 1. The van der Waals surface area contributed by atoms with E-state index in [9.17, 15) is 4.79 Å². The summed E-state index contributed by atoms with van der Waals surface area (Å²) in [5.41, 5.74) is 1.08. The highest BCUT2D eigenvalue weighted by Crippen LogP contribution is 2.28. The van der Waals surface area contributed by atoms with Gasteiger partial charge in [0, 0.05) is 51.2 Å². The Kier molecular flexibility index (Phi) is 6.21. The van der Waals surface area contributed by atoms with Gasteiger partial charge in [-0.3, -0.25) is 14.7 Å². The highest BCUT2D eigenvalue weighted by Gasteiger charge is 2.36. The molecule has 1 aromatic rings. The predicted molar refractivity (Wildman–Crippen MR) is 95.7 cm³/mol. The van der Waals surface area contributed by atoms with Gasteiger partial charge < -0.3 is 10.2 Å². The lowest BCUT2D eigenvalue weighted by atomic mass is 10.00. The largest absolute Gasteiger partial charge is 0.341 e. The van der Waals surface area contributed by atoms with Crippen molar-refractivity contribution < 1.29 is 4.79 Å². The Hall–Kier alpha value is -1.46. The van der Waals surface area contributed by atoms with E-state index in [1.165, 1.54) is 12.8 Å². The van der Waals surface area contributed by atoms with E-state index >= 15 is 0 Å². The molecule has 0 aromatic carbocycles. The molecule has 2 aliphatic heterocycles. The molecule has 3 rings (SSSR count). The number of hydrogen-bond donors (Lipinski definition) is 1. The zero-order chi connectivity index (χ0) is 16.8. The fraction of sp³-hybridized carbons (Fsp3) is 0.684. The third-order valence-corrected chi connectivity index (χ3v) is 5.37. The standard InChI is InChI=1S/C19H30N4O/c1-2-17-15-21-11-14-23(17)18(16-7-9-20-10-8-16)19(24)22-12-5-3-4-6-13-22/h7-10,17-18,21H,2-6,11-15H2,1H3. The Balaban J connectivity index is 1.87. The minimum atomic E-state index is -0.168. The fourth-order valence-electron chi connectivity index (χ4n) is 3.98. The molecule has 0 bridgehead atoms. The number of piperazine rings is 1. The van der Waals surface area contributed by atoms with E-state index in [-0.39, 0.29) is 11.9 Å². The maximum absolute atomic E-state index is 13.5. The topological polar surface area (TPSA) is 48.5 Å². The van der Waals surface area contributed by atoms with E-state index in [2.05, 4.69) is 27.0 Å². The summed E-state index contributed by atoms with van der Waals surface area (Å²) in [6.07, 6.45) is 9.43. The second kappa shape index (κ2) is 8.58. The van der Waals surface area contributed by atoms with Gasteiger partial charge in [0.1, 0.15) is 6.04 Å². The molecule has 1 aromatic heterocycles. The van der Waals surface area contributed by atoms with Crippen molar-refractivity contribution in [2.45, 2.75) is 51.1 Å². The van der Waals surface area contributed by atoms with Gasteiger partial charge in [-0.25, -0.2) is 0 Å². The van der Waals surface area contributed by atoms with Gasteiger partial charge in [0.05, 0.1) is 0 Å². The molecule has 2 saturated heterocycles. The van der Waals surface area contributed by atoms with Crippen LogP contribution in [0.3, 0.4) is 0 Å².